The van der Waals surface area contributed by atoms with Crippen molar-refractivity contribution in [2.45, 2.75) is 31.8 Å². The van der Waals surface area contributed by atoms with Gasteiger partial charge in [0.25, 0.3) is 0 Å². The number of methoxy groups -OCH3 is 1. The van der Waals surface area contributed by atoms with Crippen molar-refractivity contribution in [3.05, 3.63) is 84.1 Å². The van der Waals surface area contributed by atoms with Crippen LogP contribution in [0.4, 0.5) is 4.39 Å². The Hall–Kier alpha value is -3.03. The number of likely N-dealkylation sites (N-methyl/N-ethyl adjacent to an activating group) is 1. The minimum absolute atomic E-state index is 0.0229. The number of ether oxygens (including phenoxy) is 1. The Morgan fingerprint density at radius 1 is 1.15 bits per heavy atom. The molecule has 2 aromatic heterocycles. The molecule has 0 bridgehead atoms. The number of aromatic nitrogens is 2. The summed E-state index contributed by atoms with van der Waals surface area (Å²) in [6, 6.07) is 16.8. The van der Waals surface area contributed by atoms with Gasteiger partial charge in [0.2, 0.25) is 5.91 Å². The number of piperidine rings is 1. The monoisotopic (exact) mass is 464 g/mol. The Bertz CT molecular complexity index is 1050. The predicted octanol–water partition coefficient (Wildman–Crippen LogP) is 3.94. The van der Waals surface area contributed by atoms with Gasteiger partial charge in [-0.3, -0.25) is 9.69 Å². The van der Waals surface area contributed by atoms with Gasteiger partial charge < -0.3 is 14.2 Å². The van der Waals surface area contributed by atoms with E-state index in [-0.39, 0.29) is 24.4 Å². The molecule has 1 atom stereocenters. The molecule has 0 unspecified atom stereocenters. The second-order valence-electron chi connectivity index (χ2n) is 9.01. The highest BCUT2D eigenvalue weighted by molar-refractivity contribution is 5.77. The number of pyridine rings is 1. The van der Waals surface area contributed by atoms with Crippen LogP contribution in [0.1, 0.15) is 24.1 Å². The minimum atomic E-state index is -0.243. The Balaban J connectivity index is 1.42. The molecule has 34 heavy (non-hydrogen) atoms. The zero-order valence-corrected chi connectivity index (χ0v) is 19.9. The van der Waals surface area contributed by atoms with Gasteiger partial charge in [-0.25, -0.2) is 9.37 Å². The van der Waals surface area contributed by atoms with Gasteiger partial charge in [0, 0.05) is 44.8 Å². The first-order chi connectivity index (χ1) is 16.5. The van der Waals surface area contributed by atoms with E-state index >= 15 is 0 Å². The van der Waals surface area contributed by atoms with Crippen LogP contribution in [0.2, 0.25) is 0 Å². The van der Waals surface area contributed by atoms with E-state index in [2.05, 4.69) is 32.8 Å². The van der Waals surface area contributed by atoms with E-state index in [0.29, 0.717) is 12.3 Å². The van der Waals surface area contributed by atoms with Gasteiger partial charge in [0.05, 0.1) is 0 Å². The minimum Gasteiger partial charge on any atom is -0.375 e. The molecule has 0 radical (unpaired) electrons. The highest BCUT2D eigenvalue weighted by Gasteiger charge is 2.31. The zero-order chi connectivity index (χ0) is 23.9. The molecule has 1 saturated heterocycles. The normalized spacial score (nSPS) is 15.9. The third-order valence-electron chi connectivity index (χ3n) is 6.81. The second kappa shape index (κ2) is 11.4. The van der Waals surface area contributed by atoms with Crippen molar-refractivity contribution in [2.24, 2.45) is 5.92 Å². The molecule has 1 aromatic carbocycles. The van der Waals surface area contributed by atoms with E-state index in [9.17, 15) is 9.18 Å². The molecule has 1 amide bonds. The van der Waals surface area contributed by atoms with Crippen LogP contribution in [0, 0.1) is 11.7 Å². The number of likely N-dealkylation sites (tertiary alicyclic amines) is 1. The predicted molar refractivity (Wildman–Crippen MR) is 130 cm³/mol. The van der Waals surface area contributed by atoms with Crippen LogP contribution in [-0.4, -0.2) is 65.2 Å². The summed E-state index contributed by atoms with van der Waals surface area (Å²) < 4.78 is 20.6. The third kappa shape index (κ3) is 5.90. The molecule has 3 aromatic rings. The molecule has 1 aliphatic heterocycles. The van der Waals surface area contributed by atoms with Gasteiger partial charge in [0.1, 0.15) is 18.2 Å². The van der Waals surface area contributed by atoms with Gasteiger partial charge >= 0.3 is 0 Å². The van der Waals surface area contributed by atoms with Gasteiger partial charge in [0.15, 0.2) is 0 Å². The number of halogens is 1. The fraction of sp³-hybridized carbons (Fsp3) is 0.407. The largest absolute Gasteiger partial charge is 0.375 e. The average molecular weight is 465 g/mol. The smallest absolute Gasteiger partial charge is 0.248 e. The van der Waals surface area contributed by atoms with Crippen LogP contribution in [0.3, 0.4) is 0 Å². The van der Waals surface area contributed by atoms with Crippen molar-refractivity contribution in [2.75, 3.05) is 33.9 Å². The summed E-state index contributed by atoms with van der Waals surface area (Å²) in [5.41, 5.74) is 2.26. The Morgan fingerprint density at radius 3 is 2.59 bits per heavy atom. The average Bonchev–Trinajstić information content (AvgIpc) is 3.33. The Kier molecular flexibility index (Phi) is 8.08. The summed E-state index contributed by atoms with van der Waals surface area (Å²) in [5, 5.41) is 0. The van der Waals surface area contributed by atoms with Crippen LogP contribution in [0.25, 0.3) is 5.82 Å². The molecule has 180 valence electrons. The van der Waals surface area contributed by atoms with E-state index in [0.717, 1.165) is 43.9 Å². The van der Waals surface area contributed by atoms with E-state index < -0.39 is 0 Å². The first-order valence-corrected chi connectivity index (χ1v) is 11.8. The third-order valence-corrected chi connectivity index (χ3v) is 6.81. The molecule has 3 heterocycles. The number of carbonyl (C=O) groups excluding carboxylic acids is 1. The van der Waals surface area contributed by atoms with Crippen molar-refractivity contribution < 1.29 is 13.9 Å². The summed E-state index contributed by atoms with van der Waals surface area (Å²) in [7, 11) is 3.40. The summed E-state index contributed by atoms with van der Waals surface area (Å²) >= 11 is 0. The first-order valence-electron chi connectivity index (χ1n) is 11.8. The molecule has 0 N–H and O–H groups in total. The van der Waals surface area contributed by atoms with E-state index in [1.165, 1.54) is 17.8 Å². The van der Waals surface area contributed by atoms with Gasteiger partial charge in [-0.2, -0.15) is 0 Å². The molecule has 7 heteroatoms. The SMILES string of the molecule is COCC(=O)N(C)[C@@H](Cc1ccc(F)cc1)C1CCN(Cc2cccn2-c2ccccn2)CC1. The molecule has 1 aliphatic rings. The highest BCUT2D eigenvalue weighted by Crippen LogP contribution is 2.28. The number of amides is 1. The molecule has 0 aliphatic carbocycles. The number of hydrogen-bond acceptors (Lipinski definition) is 4. The van der Waals surface area contributed by atoms with Crippen molar-refractivity contribution in [3.8, 4) is 5.82 Å². The lowest BCUT2D eigenvalue weighted by Crippen LogP contribution is -2.48. The van der Waals surface area contributed by atoms with Crippen LogP contribution in [0.15, 0.2) is 67.0 Å². The fourth-order valence-corrected chi connectivity index (χ4v) is 4.88. The number of carbonyl (C=O) groups is 1. The summed E-state index contributed by atoms with van der Waals surface area (Å²) in [6.45, 7) is 2.85. The van der Waals surface area contributed by atoms with E-state index in [1.54, 1.807) is 7.11 Å². The van der Waals surface area contributed by atoms with Crippen LogP contribution >= 0.6 is 0 Å². The maximum atomic E-state index is 13.4. The molecule has 4 rings (SSSR count). The molecule has 1 fully saturated rings. The van der Waals surface area contributed by atoms with Crippen molar-refractivity contribution in [1.82, 2.24) is 19.4 Å². The molecule has 0 saturated carbocycles. The number of hydrogen-bond donors (Lipinski definition) is 0. The maximum Gasteiger partial charge on any atom is 0.248 e. The molecular weight excluding hydrogens is 431 g/mol. The topological polar surface area (TPSA) is 50.6 Å². The van der Waals surface area contributed by atoms with Crippen molar-refractivity contribution >= 4 is 5.91 Å². The maximum absolute atomic E-state index is 13.4. The van der Waals surface area contributed by atoms with Gasteiger partial charge in [-0.1, -0.05) is 18.2 Å². The van der Waals surface area contributed by atoms with Crippen molar-refractivity contribution in [1.29, 1.82) is 0 Å². The second-order valence-corrected chi connectivity index (χ2v) is 9.01. The van der Waals surface area contributed by atoms with E-state index in [4.69, 9.17) is 4.74 Å². The molecule has 6 nitrogen and oxygen atoms in total. The lowest BCUT2D eigenvalue weighted by Gasteiger charge is -2.40. The fourth-order valence-electron chi connectivity index (χ4n) is 4.88. The van der Waals surface area contributed by atoms with Crippen LogP contribution in [0.5, 0.6) is 0 Å². The molecule has 0 spiro atoms. The summed E-state index contributed by atoms with van der Waals surface area (Å²) in [5.74, 6) is 1.03. The van der Waals surface area contributed by atoms with Gasteiger partial charge in [-0.05, 0) is 80.2 Å². The lowest BCUT2D eigenvalue weighted by molar-refractivity contribution is -0.137. The van der Waals surface area contributed by atoms with Crippen molar-refractivity contribution in [3.63, 3.8) is 0 Å². The standard InChI is InChI=1S/C27H33FN4O2/c1-30(27(33)20-34-2)25(18-21-8-10-23(28)11-9-21)22-12-16-31(17-13-22)19-24-6-5-15-32(24)26-7-3-4-14-29-26/h3-11,14-15,22,25H,12-13,16-20H2,1-2H3/t25-/m0/s1. The summed E-state index contributed by atoms with van der Waals surface area (Å²) in [4.78, 5) is 21.4. The Morgan fingerprint density at radius 2 is 1.91 bits per heavy atom. The highest BCUT2D eigenvalue weighted by atomic mass is 19.1. The van der Waals surface area contributed by atoms with Crippen LogP contribution < -0.4 is 0 Å². The number of benzene rings is 1. The number of rotatable bonds is 9. The molecular formula is C27H33FN4O2. The zero-order valence-electron chi connectivity index (χ0n) is 19.9. The summed E-state index contributed by atoms with van der Waals surface area (Å²) in [6.07, 6.45) is 6.58. The van der Waals surface area contributed by atoms with Gasteiger partial charge in [-0.15, -0.1) is 0 Å². The van der Waals surface area contributed by atoms with E-state index in [1.807, 2.05) is 48.5 Å². The quantitative estimate of drug-likeness (QED) is 0.481. The first kappa shape index (κ1) is 24.1. The number of nitrogens with zero attached hydrogens (tertiary/aromatic N) is 4. The Labute approximate surface area is 201 Å². The van der Waals surface area contributed by atoms with Crippen LogP contribution in [-0.2, 0) is 22.5 Å². The lowest BCUT2D eigenvalue weighted by atomic mass is 9.85.